The van der Waals surface area contributed by atoms with Crippen LogP contribution in [-0.4, -0.2) is 21.4 Å². The van der Waals surface area contributed by atoms with E-state index >= 15 is 0 Å². The van der Waals surface area contributed by atoms with Crippen molar-refractivity contribution in [1.29, 1.82) is 0 Å². The molecule has 6 nitrogen and oxygen atoms in total. The number of nitrogens with zero attached hydrogens (tertiary/aromatic N) is 2. The van der Waals surface area contributed by atoms with Gasteiger partial charge >= 0.3 is 0 Å². The van der Waals surface area contributed by atoms with E-state index in [1.165, 1.54) is 12.1 Å². The monoisotopic (exact) mass is 206 g/mol. The summed E-state index contributed by atoms with van der Waals surface area (Å²) in [5.74, 6) is 0.632. The number of hydrogen-bond acceptors (Lipinski definition) is 4. The number of anilines is 1. The molecule has 15 heavy (non-hydrogen) atoms. The van der Waals surface area contributed by atoms with Gasteiger partial charge in [0.05, 0.1) is 16.0 Å². The van der Waals surface area contributed by atoms with E-state index in [1.54, 1.807) is 6.07 Å². The molecule has 78 valence electrons. The van der Waals surface area contributed by atoms with Crippen molar-refractivity contribution in [3.63, 3.8) is 0 Å². The van der Waals surface area contributed by atoms with Crippen molar-refractivity contribution in [1.82, 2.24) is 9.97 Å². The molecule has 1 heterocycles. The molecule has 0 saturated heterocycles. The molecule has 2 N–H and O–H groups in total. The van der Waals surface area contributed by atoms with Gasteiger partial charge < -0.3 is 10.3 Å². The second-order valence-corrected chi connectivity index (χ2v) is 3.07. The molecule has 6 heteroatoms. The van der Waals surface area contributed by atoms with E-state index in [1.807, 2.05) is 6.92 Å². The molecular formula is C9H10N4O2. The molecule has 1 aromatic carbocycles. The zero-order valence-corrected chi connectivity index (χ0v) is 8.15. The summed E-state index contributed by atoms with van der Waals surface area (Å²) in [6.45, 7) is 2.71. The highest BCUT2D eigenvalue weighted by molar-refractivity contribution is 5.79. The average molecular weight is 206 g/mol. The summed E-state index contributed by atoms with van der Waals surface area (Å²) in [6, 6.07) is 4.55. The number of nitrogens with one attached hydrogen (secondary N) is 2. The third-order valence-corrected chi connectivity index (χ3v) is 2.02. The second kappa shape index (κ2) is 3.56. The molecule has 2 aromatic rings. The summed E-state index contributed by atoms with van der Waals surface area (Å²) in [5.41, 5.74) is 1.45. The molecule has 2 rings (SSSR count). The first-order valence-electron chi connectivity index (χ1n) is 4.58. The summed E-state index contributed by atoms with van der Waals surface area (Å²) >= 11 is 0. The maximum absolute atomic E-state index is 10.5. The fourth-order valence-corrected chi connectivity index (χ4v) is 1.36. The van der Waals surface area contributed by atoms with Crippen molar-refractivity contribution in [2.75, 3.05) is 11.9 Å². The van der Waals surface area contributed by atoms with E-state index in [-0.39, 0.29) is 5.69 Å². The first-order valence-corrected chi connectivity index (χ1v) is 4.58. The van der Waals surface area contributed by atoms with E-state index in [9.17, 15) is 10.1 Å². The summed E-state index contributed by atoms with van der Waals surface area (Å²) < 4.78 is 0. The molecule has 0 bridgehead atoms. The third-order valence-electron chi connectivity index (χ3n) is 2.02. The van der Waals surface area contributed by atoms with Crippen LogP contribution in [0.4, 0.5) is 11.6 Å². The van der Waals surface area contributed by atoms with Gasteiger partial charge in [-0.2, -0.15) is 0 Å². The quantitative estimate of drug-likeness (QED) is 0.593. The second-order valence-electron chi connectivity index (χ2n) is 3.07. The Balaban J connectivity index is 2.47. The lowest BCUT2D eigenvalue weighted by Crippen LogP contribution is -1.97. The number of nitro benzene ring substituents is 1. The van der Waals surface area contributed by atoms with Gasteiger partial charge in [0.1, 0.15) is 0 Å². The molecule has 0 aliphatic heterocycles. The van der Waals surface area contributed by atoms with Crippen molar-refractivity contribution in [2.24, 2.45) is 0 Å². The maximum Gasteiger partial charge on any atom is 0.271 e. The van der Waals surface area contributed by atoms with Gasteiger partial charge in [-0.15, -0.1) is 0 Å². The Morgan fingerprint density at radius 2 is 2.40 bits per heavy atom. The van der Waals surface area contributed by atoms with E-state index in [4.69, 9.17) is 0 Å². The van der Waals surface area contributed by atoms with Crippen LogP contribution in [0.3, 0.4) is 0 Å². The SMILES string of the molecule is CCNc1nc2ccc([N+](=O)[O-])cc2[nH]1. The molecule has 0 saturated carbocycles. The number of aromatic amines is 1. The first-order chi connectivity index (χ1) is 7.20. The number of nitro groups is 1. The Labute approximate surface area is 85.5 Å². The lowest BCUT2D eigenvalue weighted by molar-refractivity contribution is -0.384. The van der Waals surface area contributed by atoms with Crippen LogP contribution in [0.25, 0.3) is 11.0 Å². The molecule has 0 spiro atoms. The number of H-pyrrole nitrogens is 1. The number of benzene rings is 1. The largest absolute Gasteiger partial charge is 0.356 e. The number of hydrogen-bond donors (Lipinski definition) is 2. The molecule has 1 aromatic heterocycles. The van der Waals surface area contributed by atoms with Gasteiger partial charge in [0.25, 0.3) is 5.69 Å². The van der Waals surface area contributed by atoms with Gasteiger partial charge in [-0.05, 0) is 13.0 Å². The fraction of sp³-hybridized carbons (Fsp3) is 0.222. The van der Waals surface area contributed by atoms with Crippen LogP contribution >= 0.6 is 0 Å². The van der Waals surface area contributed by atoms with Crippen LogP contribution in [0.15, 0.2) is 18.2 Å². The Hall–Kier alpha value is -2.11. The average Bonchev–Trinajstić information content (AvgIpc) is 2.59. The van der Waals surface area contributed by atoms with Gasteiger partial charge in [-0.25, -0.2) is 4.98 Å². The minimum Gasteiger partial charge on any atom is -0.356 e. The molecular weight excluding hydrogens is 196 g/mol. The van der Waals surface area contributed by atoms with Crippen LogP contribution in [0.1, 0.15) is 6.92 Å². The van der Waals surface area contributed by atoms with E-state index < -0.39 is 4.92 Å². The normalized spacial score (nSPS) is 10.5. The Morgan fingerprint density at radius 1 is 1.60 bits per heavy atom. The van der Waals surface area contributed by atoms with Crippen molar-refractivity contribution < 1.29 is 4.92 Å². The van der Waals surface area contributed by atoms with E-state index in [0.29, 0.717) is 11.5 Å². The number of imidazole rings is 1. The molecule has 0 aliphatic rings. The van der Waals surface area contributed by atoms with Crippen LogP contribution in [0, 0.1) is 10.1 Å². The van der Waals surface area contributed by atoms with Crippen molar-refractivity contribution in [2.45, 2.75) is 6.92 Å². The molecule has 0 unspecified atom stereocenters. The third kappa shape index (κ3) is 1.74. The lowest BCUT2D eigenvalue weighted by atomic mass is 10.3. The predicted octanol–water partition coefficient (Wildman–Crippen LogP) is 1.90. The van der Waals surface area contributed by atoms with Crippen LogP contribution in [0.2, 0.25) is 0 Å². The van der Waals surface area contributed by atoms with E-state index in [0.717, 1.165) is 12.1 Å². The molecule has 0 fully saturated rings. The zero-order chi connectivity index (χ0) is 10.8. The standard InChI is InChI=1S/C9H10N4O2/c1-2-10-9-11-7-4-3-6(13(14)15)5-8(7)12-9/h3-5H,2H2,1H3,(H2,10,11,12). The zero-order valence-electron chi connectivity index (χ0n) is 8.15. The summed E-state index contributed by atoms with van der Waals surface area (Å²) in [4.78, 5) is 17.3. The minimum absolute atomic E-state index is 0.0641. The van der Waals surface area contributed by atoms with Gasteiger partial charge in [0.2, 0.25) is 5.95 Å². The first kappa shape index (κ1) is 9.45. The van der Waals surface area contributed by atoms with Gasteiger partial charge in [-0.1, -0.05) is 0 Å². The molecule has 0 aliphatic carbocycles. The highest BCUT2D eigenvalue weighted by Gasteiger charge is 2.08. The van der Waals surface area contributed by atoms with E-state index in [2.05, 4.69) is 15.3 Å². The Kier molecular flexibility index (Phi) is 2.24. The fourth-order valence-electron chi connectivity index (χ4n) is 1.36. The molecule has 0 radical (unpaired) electrons. The number of fused-ring (bicyclic) bond motifs is 1. The molecule has 0 amide bonds. The number of aromatic nitrogens is 2. The van der Waals surface area contributed by atoms with Gasteiger partial charge in [0, 0.05) is 18.7 Å². The highest BCUT2D eigenvalue weighted by Crippen LogP contribution is 2.20. The summed E-state index contributed by atoms with van der Waals surface area (Å²) in [5, 5.41) is 13.5. The Bertz CT molecular complexity index is 506. The smallest absolute Gasteiger partial charge is 0.271 e. The lowest BCUT2D eigenvalue weighted by Gasteiger charge is -1.93. The maximum atomic E-state index is 10.5. The highest BCUT2D eigenvalue weighted by atomic mass is 16.6. The summed E-state index contributed by atoms with van der Waals surface area (Å²) in [6.07, 6.45) is 0. The number of non-ortho nitro benzene ring substituents is 1. The predicted molar refractivity (Wildman–Crippen MR) is 56.9 cm³/mol. The number of rotatable bonds is 3. The van der Waals surface area contributed by atoms with Crippen LogP contribution in [0.5, 0.6) is 0 Å². The molecule has 0 atom stereocenters. The van der Waals surface area contributed by atoms with Crippen molar-refractivity contribution >= 4 is 22.7 Å². The van der Waals surface area contributed by atoms with Gasteiger partial charge in [0.15, 0.2) is 0 Å². The van der Waals surface area contributed by atoms with Crippen molar-refractivity contribution in [3.05, 3.63) is 28.3 Å². The summed E-state index contributed by atoms with van der Waals surface area (Å²) in [7, 11) is 0. The topological polar surface area (TPSA) is 83.8 Å². The van der Waals surface area contributed by atoms with Crippen molar-refractivity contribution in [3.8, 4) is 0 Å². The van der Waals surface area contributed by atoms with Crippen LogP contribution < -0.4 is 5.32 Å². The van der Waals surface area contributed by atoms with Gasteiger partial charge in [-0.3, -0.25) is 10.1 Å². The van der Waals surface area contributed by atoms with Crippen LogP contribution in [-0.2, 0) is 0 Å². The Morgan fingerprint density at radius 3 is 3.07 bits per heavy atom. The minimum atomic E-state index is -0.423.